The van der Waals surface area contributed by atoms with Crippen molar-refractivity contribution in [1.82, 2.24) is 0 Å². The maximum absolute atomic E-state index is 10.9. The summed E-state index contributed by atoms with van der Waals surface area (Å²) in [6, 6.07) is 4.14. The van der Waals surface area contributed by atoms with Crippen molar-refractivity contribution in [2.45, 2.75) is 42.6 Å². The van der Waals surface area contributed by atoms with Crippen molar-refractivity contribution in [3.8, 4) is 0 Å². The van der Waals surface area contributed by atoms with Crippen LogP contribution in [-0.2, 0) is 4.65 Å². The largest absolute Gasteiger partial charge is 0.492 e. The van der Waals surface area contributed by atoms with Crippen molar-refractivity contribution in [3.05, 3.63) is 33.9 Å². The number of hydrogen-bond donors (Lipinski definition) is 2. The van der Waals surface area contributed by atoms with E-state index >= 15 is 0 Å². The Morgan fingerprint density at radius 1 is 1.32 bits per heavy atom. The molecule has 9 heteroatoms. The normalized spacial score (nSPS) is 12.6. The summed E-state index contributed by atoms with van der Waals surface area (Å²) in [5.74, 6) is 0. The molecule has 0 radical (unpaired) electrons. The molecule has 0 saturated carbocycles. The Kier molecular flexibility index (Phi) is 6.19. The highest BCUT2D eigenvalue weighted by molar-refractivity contribution is 9.24. The topological polar surface area (TPSA) is 92.8 Å². The van der Waals surface area contributed by atoms with Gasteiger partial charge in [0.15, 0.2) is 0 Å². The standard InChI is InChI=1S/C13H18BBr2NO5/c1-12(2,18)13(3,4)22-14(19)10-7-8(17(20)21)5-6-9(10)11(15)16/h5-7,11,18-19H,1-4H3. The van der Waals surface area contributed by atoms with Crippen LogP contribution in [0.5, 0.6) is 0 Å². The number of nitro benzene ring substituents is 1. The molecule has 0 aliphatic carbocycles. The first-order valence-corrected chi connectivity index (χ1v) is 8.34. The maximum Gasteiger partial charge on any atom is 0.492 e. The van der Waals surface area contributed by atoms with Gasteiger partial charge in [0.25, 0.3) is 5.69 Å². The van der Waals surface area contributed by atoms with Crippen molar-refractivity contribution >= 4 is 50.1 Å². The van der Waals surface area contributed by atoms with Crippen LogP contribution in [0.2, 0.25) is 0 Å². The summed E-state index contributed by atoms with van der Waals surface area (Å²) in [5.41, 5.74) is -1.57. The van der Waals surface area contributed by atoms with Gasteiger partial charge in [-0.1, -0.05) is 37.9 Å². The zero-order chi connectivity index (χ0) is 17.3. The van der Waals surface area contributed by atoms with E-state index in [0.717, 1.165) is 0 Å². The van der Waals surface area contributed by atoms with E-state index in [1.54, 1.807) is 27.7 Å². The highest BCUT2D eigenvalue weighted by atomic mass is 79.9. The summed E-state index contributed by atoms with van der Waals surface area (Å²) in [6.45, 7) is 6.39. The van der Waals surface area contributed by atoms with E-state index in [1.807, 2.05) is 0 Å². The first-order chi connectivity index (χ1) is 9.86. The third-order valence-corrected chi connectivity index (χ3v) is 4.65. The number of hydrogen-bond acceptors (Lipinski definition) is 5. The maximum atomic E-state index is 10.9. The minimum Gasteiger partial charge on any atom is -0.423 e. The summed E-state index contributed by atoms with van der Waals surface area (Å²) in [4.78, 5) is 10.4. The van der Waals surface area contributed by atoms with Crippen molar-refractivity contribution in [1.29, 1.82) is 0 Å². The predicted molar refractivity (Wildman–Crippen MR) is 92.8 cm³/mol. The molecule has 22 heavy (non-hydrogen) atoms. The molecule has 0 aliphatic heterocycles. The number of nitrogens with zero attached hydrogens (tertiary/aromatic N) is 1. The Hall–Kier alpha value is -0.475. The molecular formula is C13H18BBr2NO5. The lowest BCUT2D eigenvalue weighted by atomic mass is 9.74. The molecule has 6 nitrogen and oxygen atoms in total. The fraction of sp³-hybridized carbons (Fsp3) is 0.538. The average molecular weight is 439 g/mol. The van der Waals surface area contributed by atoms with E-state index in [0.29, 0.717) is 5.56 Å². The zero-order valence-electron chi connectivity index (χ0n) is 12.7. The number of non-ortho nitro benzene ring substituents is 1. The Morgan fingerprint density at radius 3 is 2.27 bits per heavy atom. The van der Waals surface area contributed by atoms with Gasteiger partial charge in [0, 0.05) is 12.1 Å². The number of benzene rings is 1. The molecule has 1 rings (SSSR count). The van der Waals surface area contributed by atoms with Crippen LogP contribution < -0.4 is 5.46 Å². The Morgan fingerprint density at radius 2 is 1.86 bits per heavy atom. The van der Waals surface area contributed by atoms with Crippen molar-refractivity contribution in [3.63, 3.8) is 0 Å². The van der Waals surface area contributed by atoms with Gasteiger partial charge in [-0.3, -0.25) is 10.1 Å². The molecule has 0 aliphatic rings. The molecule has 1 aromatic carbocycles. The monoisotopic (exact) mass is 437 g/mol. The van der Waals surface area contributed by atoms with Crippen LogP contribution in [0.15, 0.2) is 18.2 Å². The van der Waals surface area contributed by atoms with E-state index in [-0.39, 0.29) is 14.9 Å². The highest BCUT2D eigenvalue weighted by Crippen LogP contribution is 2.31. The van der Waals surface area contributed by atoms with Gasteiger partial charge in [-0.2, -0.15) is 0 Å². The number of halogens is 2. The molecule has 0 fully saturated rings. The molecule has 1 aromatic rings. The fourth-order valence-electron chi connectivity index (χ4n) is 1.58. The second-order valence-electron chi connectivity index (χ2n) is 5.91. The van der Waals surface area contributed by atoms with Crippen LogP contribution in [0.1, 0.15) is 37.0 Å². The molecule has 0 unspecified atom stereocenters. The van der Waals surface area contributed by atoms with Gasteiger partial charge < -0.3 is 14.8 Å². The number of rotatable bonds is 6. The predicted octanol–water partition coefficient (Wildman–Crippen LogP) is 2.64. The molecule has 0 amide bonds. The summed E-state index contributed by atoms with van der Waals surface area (Å²) < 4.78 is 5.25. The molecule has 0 spiro atoms. The van der Waals surface area contributed by atoms with Gasteiger partial charge in [0.1, 0.15) is 0 Å². The van der Waals surface area contributed by atoms with Gasteiger partial charge >= 0.3 is 7.12 Å². The van der Waals surface area contributed by atoms with Crippen molar-refractivity contribution in [2.24, 2.45) is 0 Å². The van der Waals surface area contributed by atoms with E-state index in [9.17, 15) is 20.2 Å². The molecule has 122 valence electrons. The lowest BCUT2D eigenvalue weighted by Crippen LogP contribution is -2.53. The first kappa shape index (κ1) is 19.6. The molecule has 0 bridgehead atoms. The lowest BCUT2D eigenvalue weighted by molar-refractivity contribution is -0.384. The van der Waals surface area contributed by atoms with Crippen molar-refractivity contribution in [2.75, 3.05) is 0 Å². The number of alkyl halides is 2. The minimum absolute atomic E-state index is 0.150. The molecule has 0 heterocycles. The third kappa shape index (κ3) is 4.51. The van der Waals surface area contributed by atoms with Crippen LogP contribution in [0.4, 0.5) is 5.69 Å². The van der Waals surface area contributed by atoms with Gasteiger partial charge in [0.2, 0.25) is 0 Å². The fourth-order valence-corrected chi connectivity index (χ4v) is 2.41. The van der Waals surface area contributed by atoms with Crippen LogP contribution in [-0.4, -0.2) is 33.4 Å². The quantitative estimate of drug-likeness (QED) is 0.308. The van der Waals surface area contributed by atoms with Crippen molar-refractivity contribution < 1.29 is 19.7 Å². The van der Waals surface area contributed by atoms with Gasteiger partial charge in [-0.25, -0.2) is 0 Å². The second kappa shape index (κ2) is 6.96. The second-order valence-corrected chi connectivity index (χ2v) is 8.97. The molecule has 0 saturated heterocycles. The number of nitro groups is 1. The van der Waals surface area contributed by atoms with E-state index in [1.165, 1.54) is 18.2 Å². The van der Waals surface area contributed by atoms with Crippen LogP contribution >= 0.6 is 31.9 Å². The SMILES string of the molecule is CC(C)(O)C(C)(C)OB(O)c1cc([N+](=O)[O-])ccc1C(Br)Br. The van der Waals surface area contributed by atoms with Gasteiger partial charge in [-0.15, -0.1) is 0 Å². The first-order valence-electron chi connectivity index (χ1n) is 6.51. The van der Waals surface area contributed by atoms with Gasteiger partial charge in [-0.05, 0) is 38.7 Å². The molecule has 0 aromatic heterocycles. The Balaban J connectivity index is 3.23. The van der Waals surface area contributed by atoms with Gasteiger partial charge in [0.05, 0.1) is 19.9 Å². The van der Waals surface area contributed by atoms with Crippen LogP contribution in [0.3, 0.4) is 0 Å². The van der Waals surface area contributed by atoms with Crippen LogP contribution in [0.25, 0.3) is 0 Å². The van der Waals surface area contributed by atoms with E-state index in [4.69, 9.17) is 4.65 Å². The molecule has 0 atom stereocenters. The highest BCUT2D eigenvalue weighted by Gasteiger charge is 2.40. The zero-order valence-corrected chi connectivity index (χ0v) is 15.9. The summed E-state index contributed by atoms with van der Waals surface area (Å²) in [7, 11) is -1.42. The molecular weight excluding hydrogens is 421 g/mol. The molecule has 2 N–H and O–H groups in total. The van der Waals surface area contributed by atoms with Crippen LogP contribution in [0, 0.1) is 10.1 Å². The van der Waals surface area contributed by atoms with E-state index < -0.39 is 23.2 Å². The summed E-state index contributed by atoms with van der Waals surface area (Å²) >= 11 is 6.63. The third-order valence-electron chi connectivity index (χ3n) is 3.66. The minimum atomic E-state index is -1.42. The Bertz CT molecular complexity index is 560. The summed E-state index contributed by atoms with van der Waals surface area (Å²) in [5, 5.41) is 31.4. The van der Waals surface area contributed by atoms with E-state index in [2.05, 4.69) is 31.9 Å². The lowest BCUT2D eigenvalue weighted by Gasteiger charge is -2.38. The Labute approximate surface area is 146 Å². The number of aliphatic hydroxyl groups is 1. The average Bonchev–Trinajstić information content (AvgIpc) is 2.35. The smallest absolute Gasteiger partial charge is 0.423 e. The summed E-state index contributed by atoms with van der Waals surface area (Å²) in [6.07, 6.45) is 0.